The molecule has 3 heterocycles. The van der Waals surface area contributed by atoms with E-state index >= 15 is 0 Å². The average molecular weight is 452 g/mol. The molecule has 32 heavy (non-hydrogen) atoms. The van der Waals surface area contributed by atoms with Crippen LogP contribution in [-0.2, 0) is 11.2 Å². The van der Waals surface area contributed by atoms with E-state index in [2.05, 4.69) is 26.1 Å². The summed E-state index contributed by atoms with van der Waals surface area (Å²) in [5, 5.41) is 10.8. The minimum atomic E-state index is -0.623. The van der Waals surface area contributed by atoms with Crippen molar-refractivity contribution in [3.8, 4) is 10.7 Å². The number of aromatic nitrogens is 4. The third-order valence-corrected chi connectivity index (χ3v) is 5.49. The summed E-state index contributed by atoms with van der Waals surface area (Å²) in [6.07, 6.45) is 0.255. The van der Waals surface area contributed by atoms with Crippen molar-refractivity contribution in [1.82, 2.24) is 30.8 Å². The Morgan fingerprint density at radius 3 is 2.62 bits per heavy atom. The summed E-state index contributed by atoms with van der Waals surface area (Å²) in [5.74, 6) is -0.258. The molecule has 10 nitrogen and oxygen atoms in total. The highest BCUT2D eigenvalue weighted by atomic mass is 32.1. The van der Waals surface area contributed by atoms with Crippen molar-refractivity contribution in [2.24, 2.45) is 0 Å². The van der Waals surface area contributed by atoms with E-state index in [0.717, 1.165) is 4.88 Å². The summed E-state index contributed by atoms with van der Waals surface area (Å²) in [6, 6.07) is 10.3. The first-order valence-corrected chi connectivity index (χ1v) is 10.8. The van der Waals surface area contributed by atoms with Gasteiger partial charge in [0.25, 0.3) is 11.5 Å². The van der Waals surface area contributed by atoms with Gasteiger partial charge in [0.1, 0.15) is 0 Å². The van der Waals surface area contributed by atoms with E-state index in [1.165, 1.54) is 16.0 Å². The van der Waals surface area contributed by atoms with Gasteiger partial charge in [-0.05, 0) is 31.4 Å². The van der Waals surface area contributed by atoms with Crippen LogP contribution in [0.2, 0.25) is 0 Å². The number of nitrogens with one attached hydrogen (secondary N) is 2. The number of carbonyl (C=O) groups excluding carboxylic acids is 2. The van der Waals surface area contributed by atoms with Gasteiger partial charge < -0.3 is 4.52 Å². The number of hydrogen-bond acceptors (Lipinski definition) is 8. The molecular formula is C21H20N6O4S. The molecule has 0 unspecified atom stereocenters. The number of amides is 2. The third-order valence-electron chi connectivity index (χ3n) is 4.62. The molecule has 4 aromatic rings. The SMILES string of the molecule is CC(C)n1nc(C(=O)NNC(=O)CCc2nc(-c3cccs3)no2)c2ccccc2c1=O. The van der Waals surface area contributed by atoms with Crippen LogP contribution in [0.25, 0.3) is 21.5 Å². The molecule has 0 saturated heterocycles. The van der Waals surface area contributed by atoms with Crippen molar-refractivity contribution in [2.45, 2.75) is 32.7 Å². The Labute approximate surface area is 186 Å². The number of benzene rings is 1. The van der Waals surface area contributed by atoms with Crippen LogP contribution in [0.1, 0.15) is 42.7 Å². The van der Waals surface area contributed by atoms with Crippen molar-refractivity contribution in [3.05, 3.63) is 63.7 Å². The van der Waals surface area contributed by atoms with Gasteiger partial charge in [-0.15, -0.1) is 11.3 Å². The van der Waals surface area contributed by atoms with Gasteiger partial charge in [0.15, 0.2) is 5.69 Å². The fraction of sp³-hybridized carbons (Fsp3) is 0.238. The van der Waals surface area contributed by atoms with Gasteiger partial charge >= 0.3 is 0 Å². The Morgan fingerprint density at radius 1 is 1.12 bits per heavy atom. The zero-order valence-electron chi connectivity index (χ0n) is 17.4. The molecule has 0 aliphatic rings. The predicted octanol–water partition coefficient (Wildman–Crippen LogP) is 2.48. The molecule has 4 rings (SSSR count). The van der Waals surface area contributed by atoms with Gasteiger partial charge in [-0.3, -0.25) is 25.2 Å². The smallest absolute Gasteiger partial charge is 0.290 e. The topological polar surface area (TPSA) is 132 Å². The number of rotatable bonds is 6. The third kappa shape index (κ3) is 4.42. The summed E-state index contributed by atoms with van der Waals surface area (Å²) >= 11 is 1.49. The maximum atomic E-state index is 12.7. The normalized spacial score (nSPS) is 11.1. The van der Waals surface area contributed by atoms with Crippen LogP contribution >= 0.6 is 11.3 Å². The highest BCUT2D eigenvalue weighted by molar-refractivity contribution is 7.13. The highest BCUT2D eigenvalue weighted by Gasteiger charge is 2.18. The van der Waals surface area contributed by atoms with Crippen molar-refractivity contribution in [2.75, 3.05) is 0 Å². The predicted molar refractivity (Wildman–Crippen MR) is 118 cm³/mol. The Kier molecular flexibility index (Phi) is 6.08. The van der Waals surface area contributed by atoms with Crippen LogP contribution < -0.4 is 16.4 Å². The lowest BCUT2D eigenvalue weighted by Crippen LogP contribution is -2.43. The lowest BCUT2D eigenvalue weighted by atomic mass is 10.1. The number of hydrogen-bond donors (Lipinski definition) is 2. The Morgan fingerprint density at radius 2 is 1.91 bits per heavy atom. The van der Waals surface area contributed by atoms with E-state index in [-0.39, 0.29) is 30.1 Å². The molecule has 0 fully saturated rings. The highest BCUT2D eigenvalue weighted by Crippen LogP contribution is 2.21. The fourth-order valence-electron chi connectivity index (χ4n) is 3.06. The molecule has 2 amide bonds. The summed E-state index contributed by atoms with van der Waals surface area (Å²) in [5.41, 5.74) is 4.49. The molecule has 0 spiro atoms. The molecule has 2 N–H and O–H groups in total. The van der Waals surface area contributed by atoms with Gasteiger partial charge in [-0.25, -0.2) is 4.68 Å². The van der Waals surface area contributed by atoms with E-state index in [1.54, 1.807) is 38.1 Å². The molecule has 3 aromatic heterocycles. The van der Waals surface area contributed by atoms with Gasteiger partial charge in [0.2, 0.25) is 17.6 Å². The molecule has 0 saturated carbocycles. The van der Waals surface area contributed by atoms with Crippen LogP contribution in [0.15, 0.2) is 51.1 Å². The first-order valence-electron chi connectivity index (χ1n) is 9.91. The fourth-order valence-corrected chi connectivity index (χ4v) is 3.70. The monoisotopic (exact) mass is 452 g/mol. The number of hydrazine groups is 1. The maximum absolute atomic E-state index is 12.7. The molecule has 0 atom stereocenters. The second-order valence-corrected chi connectivity index (χ2v) is 8.18. The quantitative estimate of drug-likeness (QED) is 0.430. The number of thiophene rings is 1. The second-order valence-electron chi connectivity index (χ2n) is 7.23. The average Bonchev–Trinajstić information content (AvgIpc) is 3.48. The first kappa shape index (κ1) is 21.4. The Hall–Kier alpha value is -3.86. The van der Waals surface area contributed by atoms with E-state index in [4.69, 9.17) is 4.52 Å². The van der Waals surface area contributed by atoms with E-state index in [9.17, 15) is 14.4 Å². The van der Waals surface area contributed by atoms with Crippen molar-refractivity contribution in [1.29, 1.82) is 0 Å². The van der Waals surface area contributed by atoms with E-state index in [0.29, 0.717) is 22.5 Å². The Bertz CT molecular complexity index is 1330. The van der Waals surface area contributed by atoms with Crippen molar-refractivity contribution < 1.29 is 14.1 Å². The Balaban J connectivity index is 1.40. The molecular weight excluding hydrogens is 432 g/mol. The van der Waals surface area contributed by atoms with Crippen LogP contribution in [-0.4, -0.2) is 31.7 Å². The minimum absolute atomic E-state index is 0.0338. The van der Waals surface area contributed by atoms with Crippen LogP contribution in [0.3, 0.4) is 0 Å². The summed E-state index contributed by atoms with van der Waals surface area (Å²) in [4.78, 5) is 42.6. The molecule has 11 heteroatoms. The number of carbonyl (C=O) groups is 2. The standard InChI is InChI=1S/C21H20N6O4S/c1-12(2)27-21(30)14-7-4-3-6-13(14)18(25-27)20(29)24-23-16(28)9-10-17-22-19(26-31-17)15-8-5-11-32-15/h3-8,11-12H,9-10H2,1-2H3,(H,23,28)(H,24,29). The second kappa shape index (κ2) is 9.10. The van der Waals surface area contributed by atoms with E-state index < -0.39 is 11.8 Å². The van der Waals surface area contributed by atoms with Crippen LogP contribution in [0.5, 0.6) is 0 Å². The van der Waals surface area contributed by atoms with Gasteiger partial charge in [-0.2, -0.15) is 10.1 Å². The number of aryl methyl sites for hydroxylation is 1. The molecule has 0 bridgehead atoms. The largest absolute Gasteiger partial charge is 0.339 e. The first-order chi connectivity index (χ1) is 15.4. The molecule has 1 aromatic carbocycles. The maximum Gasteiger partial charge on any atom is 0.290 e. The summed E-state index contributed by atoms with van der Waals surface area (Å²) in [7, 11) is 0. The number of nitrogens with zero attached hydrogens (tertiary/aromatic N) is 4. The summed E-state index contributed by atoms with van der Waals surface area (Å²) in [6.45, 7) is 3.60. The zero-order valence-corrected chi connectivity index (χ0v) is 18.2. The van der Waals surface area contributed by atoms with Crippen molar-refractivity contribution >= 4 is 33.9 Å². The molecule has 0 aliphatic carbocycles. The van der Waals surface area contributed by atoms with Gasteiger partial charge in [-0.1, -0.05) is 29.4 Å². The molecule has 0 radical (unpaired) electrons. The number of fused-ring (bicyclic) bond motifs is 1. The van der Waals surface area contributed by atoms with Crippen LogP contribution in [0, 0.1) is 0 Å². The van der Waals surface area contributed by atoms with E-state index in [1.807, 2.05) is 17.5 Å². The van der Waals surface area contributed by atoms with Gasteiger partial charge in [0.05, 0.1) is 16.3 Å². The lowest BCUT2D eigenvalue weighted by molar-refractivity contribution is -0.121. The molecule has 0 aliphatic heterocycles. The molecule has 164 valence electrons. The van der Waals surface area contributed by atoms with Crippen molar-refractivity contribution in [3.63, 3.8) is 0 Å². The lowest BCUT2D eigenvalue weighted by Gasteiger charge is -2.13. The summed E-state index contributed by atoms with van der Waals surface area (Å²) < 4.78 is 6.41. The minimum Gasteiger partial charge on any atom is -0.339 e. The van der Waals surface area contributed by atoms with Gasteiger partial charge in [0, 0.05) is 18.2 Å². The van der Waals surface area contributed by atoms with Crippen LogP contribution in [0.4, 0.5) is 0 Å². The zero-order chi connectivity index (χ0) is 22.7.